The van der Waals surface area contributed by atoms with E-state index >= 15 is 0 Å². The molecule has 0 fully saturated rings. The Morgan fingerprint density at radius 2 is 2.12 bits per heavy atom. The van der Waals surface area contributed by atoms with Crippen molar-refractivity contribution in [1.29, 1.82) is 0 Å². The highest BCUT2D eigenvalue weighted by molar-refractivity contribution is 6.29. The molecule has 0 spiro atoms. The highest BCUT2D eigenvalue weighted by Gasteiger charge is 2.10. The van der Waals surface area contributed by atoms with Gasteiger partial charge in [0.1, 0.15) is 11.5 Å². The summed E-state index contributed by atoms with van der Waals surface area (Å²) >= 11 is 5.27. The van der Waals surface area contributed by atoms with Crippen molar-refractivity contribution < 1.29 is 4.39 Å². The zero-order valence-electron chi connectivity index (χ0n) is 4.40. The van der Waals surface area contributed by atoms with Crippen LogP contribution >= 0.6 is 11.6 Å². The van der Waals surface area contributed by atoms with E-state index in [0.29, 0.717) is 0 Å². The second-order valence-corrected chi connectivity index (χ2v) is 1.66. The van der Waals surface area contributed by atoms with Crippen molar-refractivity contribution in [3.8, 4) is 0 Å². The van der Waals surface area contributed by atoms with Crippen LogP contribution in [-0.2, 0) is 0 Å². The van der Waals surface area contributed by atoms with Gasteiger partial charge in [0.25, 0.3) is 0 Å². The topological polar surface area (TPSA) is 0 Å². The predicted octanol–water partition coefficient (Wildman–Crippen LogP) is 2.47. The Hall–Kier alpha value is -0.300. The molecular formula is C6H7ClF. The van der Waals surface area contributed by atoms with E-state index in [1.54, 1.807) is 0 Å². The summed E-state index contributed by atoms with van der Waals surface area (Å²) in [4.78, 5) is 0. The molecular weight excluding hydrogens is 127 g/mol. The van der Waals surface area contributed by atoms with Crippen LogP contribution in [0.25, 0.3) is 0 Å². The summed E-state index contributed by atoms with van der Waals surface area (Å²) in [7, 11) is 0. The lowest BCUT2D eigenvalue weighted by Gasteiger charge is -2.01. The molecule has 0 aromatic rings. The molecule has 0 saturated carbocycles. The Morgan fingerprint density at radius 3 is 2.25 bits per heavy atom. The summed E-state index contributed by atoms with van der Waals surface area (Å²) in [5.41, 5.74) is 0. The van der Waals surface area contributed by atoms with Crippen LogP contribution in [0.5, 0.6) is 0 Å². The minimum Gasteiger partial charge on any atom is -0.241 e. The molecule has 1 atom stereocenters. The molecule has 45 valence electrons. The van der Waals surface area contributed by atoms with Gasteiger partial charge in [-0.15, -0.1) is 24.8 Å². The van der Waals surface area contributed by atoms with Crippen LogP contribution in [0.2, 0.25) is 0 Å². The number of rotatable bonds is 3. The van der Waals surface area contributed by atoms with Crippen LogP contribution in [0.3, 0.4) is 0 Å². The molecule has 0 nitrogen and oxygen atoms in total. The standard InChI is InChI=1S/C6H7ClF/c1-3-5(7)6(8)4-2/h3-4,6H,1-2H2/t6-/m0/s1. The van der Waals surface area contributed by atoms with Crippen molar-refractivity contribution in [3.63, 3.8) is 0 Å². The lowest BCUT2D eigenvalue weighted by Crippen LogP contribution is -1.99. The quantitative estimate of drug-likeness (QED) is 0.519. The third-order valence-electron chi connectivity index (χ3n) is 0.665. The van der Waals surface area contributed by atoms with Gasteiger partial charge in [-0.3, -0.25) is 0 Å². The Bertz CT molecular complexity index is 78.5. The average molecular weight is 134 g/mol. The third-order valence-corrected chi connectivity index (χ3v) is 1.03. The van der Waals surface area contributed by atoms with Crippen molar-refractivity contribution in [3.05, 3.63) is 30.7 Å². The molecule has 0 aromatic heterocycles. The summed E-state index contributed by atoms with van der Waals surface area (Å²) in [6.07, 6.45) is 1.12. The van der Waals surface area contributed by atoms with E-state index in [-0.39, 0.29) is 5.38 Å². The molecule has 0 aromatic carbocycles. The van der Waals surface area contributed by atoms with Crippen molar-refractivity contribution in [2.75, 3.05) is 0 Å². The molecule has 0 bridgehead atoms. The maximum Gasteiger partial charge on any atom is 0.143 e. The SMILES string of the molecule is C=C[C](Cl)[C@@H](F)C=C. The van der Waals surface area contributed by atoms with Gasteiger partial charge in [0.05, 0.1) is 0 Å². The first-order valence-electron chi connectivity index (χ1n) is 2.13. The van der Waals surface area contributed by atoms with E-state index < -0.39 is 6.17 Å². The second-order valence-electron chi connectivity index (χ2n) is 1.23. The first-order valence-corrected chi connectivity index (χ1v) is 2.51. The van der Waals surface area contributed by atoms with E-state index in [2.05, 4.69) is 13.2 Å². The Morgan fingerprint density at radius 1 is 1.62 bits per heavy atom. The fourth-order valence-electron chi connectivity index (χ4n) is 0.225. The highest BCUT2D eigenvalue weighted by Crippen LogP contribution is 2.16. The summed E-state index contributed by atoms with van der Waals surface area (Å²) in [6, 6.07) is 0. The molecule has 0 saturated heterocycles. The predicted molar refractivity (Wildman–Crippen MR) is 34.4 cm³/mol. The Labute approximate surface area is 53.7 Å². The smallest absolute Gasteiger partial charge is 0.143 e. The van der Waals surface area contributed by atoms with Gasteiger partial charge >= 0.3 is 0 Å². The average Bonchev–Trinajstić information content (AvgIpc) is 1.84. The van der Waals surface area contributed by atoms with Gasteiger partial charge in [0.2, 0.25) is 0 Å². The molecule has 0 rings (SSSR count). The van der Waals surface area contributed by atoms with Gasteiger partial charge in [0.15, 0.2) is 0 Å². The molecule has 0 aliphatic carbocycles. The maximum absolute atomic E-state index is 12.2. The Balaban J connectivity index is 3.60. The number of allylic oxidation sites excluding steroid dienone is 2. The summed E-state index contributed by atoms with van der Waals surface area (Å²) in [5, 5.41) is 0.0833. The molecule has 8 heavy (non-hydrogen) atoms. The second kappa shape index (κ2) is 3.67. The first kappa shape index (κ1) is 7.70. The van der Waals surface area contributed by atoms with E-state index in [1.165, 1.54) is 6.08 Å². The molecule has 0 unspecified atom stereocenters. The Kier molecular flexibility index (Phi) is 3.53. The van der Waals surface area contributed by atoms with Gasteiger partial charge in [-0.1, -0.05) is 12.2 Å². The van der Waals surface area contributed by atoms with Gasteiger partial charge in [-0.2, -0.15) is 0 Å². The van der Waals surface area contributed by atoms with Crippen LogP contribution in [0.15, 0.2) is 25.3 Å². The van der Waals surface area contributed by atoms with Crippen LogP contribution in [0.1, 0.15) is 0 Å². The molecule has 0 aliphatic rings. The summed E-state index contributed by atoms with van der Waals surface area (Å²) in [5.74, 6) is 0. The lowest BCUT2D eigenvalue weighted by atomic mass is 10.3. The fourth-order valence-corrected chi connectivity index (χ4v) is 0.314. The molecule has 0 N–H and O–H groups in total. The highest BCUT2D eigenvalue weighted by atomic mass is 35.5. The molecule has 2 heteroatoms. The van der Waals surface area contributed by atoms with Crippen LogP contribution < -0.4 is 0 Å². The van der Waals surface area contributed by atoms with Crippen LogP contribution in [0.4, 0.5) is 4.39 Å². The molecule has 0 aliphatic heterocycles. The van der Waals surface area contributed by atoms with Gasteiger partial charge in [0, 0.05) is 0 Å². The summed E-state index contributed by atoms with van der Waals surface area (Å²) < 4.78 is 12.2. The number of alkyl halides is 1. The van der Waals surface area contributed by atoms with Gasteiger partial charge in [-0.05, 0) is 0 Å². The van der Waals surface area contributed by atoms with Crippen molar-refractivity contribution in [1.82, 2.24) is 0 Å². The first-order chi connectivity index (χ1) is 3.72. The number of hydrogen-bond donors (Lipinski definition) is 0. The van der Waals surface area contributed by atoms with Crippen molar-refractivity contribution >= 4 is 11.6 Å². The van der Waals surface area contributed by atoms with Crippen LogP contribution in [0, 0.1) is 5.38 Å². The maximum atomic E-state index is 12.2. The van der Waals surface area contributed by atoms with E-state index in [0.717, 1.165) is 6.08 Å². The number of hydrogen-bond acceptors (Lipinski definition) is 0. The third kappa shape index (κ3) is 2.12. The zero-order chi connectivity index (χ0) is 6.57. The fraction of sp³-hybridized carbons (Fsp3) is 0.167. The van der Waals surface area contributed by atoms with Crippen LogP contribution in [-0.4, -0.2) is 6.17 Å². The van der Waals surface area contributed by atoms with E-state index in [1.807, 2.05) is 0 Å². The van der Waals surface area contributed by atoms with Gasteiger partial charge in [-0.25, -0.2) is 4.39 Å². The molecule has 0 amide bonds. The minimum absolute atomic E-state index is 0.0833. The molecule has 0 heterocycles. The monoisotopic (exact) mass is 133 g/mol. The van der Waals surface area contributed by atoms with Crippen molar-refractivity contribution in [2.45, 2.75) is 6.17 Å². The normalized spacial score (nSPS) is 13.4. The summed E-state index contributed by atoms with van der Waals surface area (Å²) in [6.45, 7) is 6.47. The van der Waals surface area contributed by atoms with E-state index in [4.69, 9.17) is 11.6 Å². The van der Waals surface area contributed by atoms with E-state index in [9.17, 15) is 4.39 Å². The zero-order valence-corrected chi connectivity index (χ0v) is 5.16. The minimum atomic E-state index is -1.26. The number of halogens is 2. The van der Waals surface area contributed by atoms with Crippen molar-refractivity contribution in [2.24, 2.45) is 0 Å². The molecule has 1 radical (unpaired) electrons. The lowest BCUT2D eigenvalue weighted by molar-refractivity contribution is 0.444. The largest absolute Gasteiger partial charge is 0.241 e. The van der Waals surface area contributed by atoms with Gasteiger partial charge < -0.3 is 0 Å².